The number of furan rings is 1. The molecule has 0 fully saturated rings. The topological polar surface area (TPSA) is 73.0 Å². The van der Waals surface area contributed by atoms with Gasteiger partial charge in [0.05, 0.1) is 0 Å². The van der Waals surface area contributed by atoms with Gasteiger partial charge in [-0.25, -0.2) is 4.68 Å². The number of fused-ring (bicyclic) bond motifs is 1. The van der Waals surface area contributed by atoms with Crippen molar-refractivity contribution in [3.8, 4) is 11.4 Å². The zero-order valence-electron chi connectivity index (χ0n) is 18.0. The van der Waals surface area contributed by atoms with Gasteiger partial charge in [0.2, 0.25) is 5.95 Å². The molecule has 2 aliphatic rings. The zero-order chi connectivity index (χ0) is 21.2. The minimum absolute atomic E-state index is 0.0916. The molecule has 1 atom stereocenters. The Labute approximate surface area is 176 Å². The lowest BCUT2D eigenvalue weighted by molar-refractivity contribution is -0.118. The Morgan fingerprint density at radius 1 is 1.10 bits per heavy atom. The molecule has 1 aliphatic carbocycles. The lowest BCUT2D eigenvalue weighted by atomic mass is 9.73. The molecule has 1 aromatic carbocycles. The van der Waals surface area contributed by atoms with E-state index in [1.165, 1.54) is 11.1 Å². The predicted octanol–water partition coefficient (Wildman–Crippen LogP) is 5.12. The second kappa shape index (κ2) is 6.42. The number of anilines is 1. The first-order chi connectivity index (χ1) is 14.2. The van der Waals surface area contributed by atoms with Gasteiger partial charge in [-0.15, -0.1) is 5.10 Å². The number of nitrogens with zero attached hydrogens (tertiary/aromatic N) is 3. The van der Waals surface area contributed by atoms with Gasteiger partial charge in [0.15, 0.2) is 11.6 Å². The first-order valence-electron chi connectivity index (χ1n) is 10.4. The molecule has 0 radical (unpaired) electrons. The summed E-state index contributed by atoms with van der Waals surface area (Å²) < 4.78 is 7.78. The van der Waals surface area contributed by atoms with E-state index >= 15 is 0 Å². The summed E-state index contributed by atoms with van der Waals surface area (Å²) >= 11 is 0. The second-order valence-corrected chi connectivity index (χ2v) is 9.31. The van der Waals surface area contributed by atoms with Crippen LogP contribution in [0.4, 0.5) is 5.95 Å². The van der Waals surface area contributed by atoms with Gasteiger partial charge in [-0.1, -0.05) is 26.0 Å². The third-order valence-electron chi connectivity index (χ3n) is 6.13. The maximum absolute atomic E-state index is 13.2. The van der Waals surface area contributed by atoms with Crippen molar-refractivity contribution < 1.29 is 9.21 Å². The molecule has 0 saturated heterocycles. The molecule has 1 aliphatic heterocycles. The second-order valence-electron chi connectivity index (χ2n) is 9.31. The number of aryl methyl sites for hydroxylation is 3. The van der Waals surface area contributed by atoms with Crippen LogP contribution in [-0.4, -0.2) is 20.5 Å². The van der Waals surface area contributed by atoms with Crippen LogP contribution in [0, 0.1) is 26.2 Å². The van der Waals surface area contributed by atoms with E-state index in [4.69, 9.17) is 14.5 Å². The van der Waals surface area contributed by atoms with Crippen LogP contribution in [0.25, 0.3) is 11.4 Å². The molecular formula is C24H26N4O2. The van der Waals surface area contributed by atoms with Crippen LogP contribution in [0.3, 0.4) is 0 Å². The number of carbonyl (C=O) groups is 1. The third-order valence-corrected chi connectivity index (χ3v) is 6.13. The van der Waals surface area contributed by atoms with Crippen LogP contribution < -0.4 is 5.32 Å². The summed E-state index contributed by atoms with van der Waals surface area (Å²) in [7, 11) is 0. The van der Waals surface area contributed by atoms with E-state index in [1.807, 2.05) is 25.1 Å². The van der Waals surface area contributed by atoms with E-state index < -0.39 is 6.04 Å². The summed E-state index contributed by atoms with van der Waals surface area (Å²) in [6, 6.07) is 9.68. The number of nitrogens with one attached hydrogen (secondary N) is 1. The predicted molar refractivity (Wildman–Crippen MR) is 115 cm³/mol. The first kappa shape index (κ1) is 18.9. The van der Waals surface area contributed by atoms with Crippen LogP contribution in [0.1, 0.15) is 55.4 Å². The SMILES string of the molecule is Cc1ccc(C2C3=C(CC(C)(C)CC3=O)Nc3nc(-c4ccc(C)c(C)c4)nn32)o1. The zero-order valence-corrected chi connectivity index (χ0v) is 18.0. The fraction of sp³-hybridized carbons (Fsp3) is 0.375. The van der Waals surface area contributed by atoms with Crippen LogP contribution in [-0.2, 0) is 4.79 Å². The number of carbonyl (C=O) groups excluding carboxylic acids is 1. The van der Waals surface area contributed by atoms with Gasteiger partial charge in [0.1, 0.15) is 17.6 Å². The molecular weight excluding hydrogens is 376 g/mol. The average molecular weight is 402 g/mol. The number of aromatic nitrogens is 3. The lowest BCUT2D eigenvalue weighted by Crippen LogP contribution is -2.36. The Bertz CT molecular complexity index is 1210. The smallest absolute Gasteiger partial charge is 0.227 e. The Hall–Kier alpha value is -3.15. The Balaban J connectivity index is 1.67. The van der Waals surface area contributed by atoms with Crippen molar-refractivity contribution in [2.75, 3.05) is 5.32 Å². The van der Waals surface area contributed by atoms with Crippen molar-refractivity contribution in [2.45, 2.75) is 53.5 Å². The number of hydrogen-bond acceptors (Lipinski definition) is 5. The maximum atomic E-state index is 13.2. The summed E-state index contributed by atoms with van der Waals surface area (Å²) in [6.45, 7) is 10.3. The van der Waals surface area contributed by atoms with Crippen molar-refractivity contribution in [1.82, 2.24) is 14.8 Å². The molecule has 0 bridgehead atoms. The quantitative estimate of drug-likeness (QED) is 0.644. The van der Waals surface area contributed by atoms with Crippen LogP contribution in [0.15, 0.2) is 46.0 Å². The number of Topliss-reactive ketones (excluding diaryl/α,β-unsaturated/α-hetero) is 1. The third kappa shape index (κ3) is 2.98. The highest BCUT2D eigenvalue weighted by Crippen LogP contribution is 2.45. The van der Waals surface area contributed by atoms with E-state index in [0.717, 1.165) is 29.0 Å². The van der Waals surface area contributed by atoms with Gasteiger partial charge < -0.3 is 9.73 Å². The molecule has 3 aromatic rings. The molecule has 6 heteroatoms. The van der Waals surface area contributed by atoms with Gasteiger partial charge in [0, 0.05) is 23.3 Å². The van der Waals surface area contributed by atoms with Crippen molar-refractivity contribution in [3.05, 3.63) is 64.2 Å². The summed E-state index contributed by atoms with van der Waals surface area (Å²) in [5.41, 5.74) is 4.97. The van der Waals surface area contributed by atoms with Crippen molar-refractivity contribution in [1.29, 1.82) is 0 Å². The van der Waals surface area contributed by atoms with Crippen molar-refractivity contribution in [3.63, 3.8) is 0 Å². The van der Waals surface area contributed by atoms with Crippen LogP contribution in [0.5, 0.6) is 0 Å². The number of allylic oxidation sites excluding steroid dienone is 2. The number of hydrogen-bond donors (Lipinski definition) is 1. The molecule has 1 unspecified atom stereocenters. The monoisotopic (exact) mass is 402 g/mol. The molecule has 30 heavy (non-hydrogen) atoms. The molecule has 154 valence electrons. The van der Waals surface area contributed by atoms with Crippen molar-refractivity contribution >= 4 is 11.7 Å². The van der Waals surface area contributed by atoms with E-state index in [0.29, 0.717) is 24.0 Å². The fourth-order valence-corrected chi connectivity index (χ4v) is 4.48. The van der Waals surface area contributed by atoms with Gasteiger partial charge in [0.25, 0.3) is 0 Å². The molecule has 0 saturated carbocycles. The lowest BCUT2D eigenvalue weighted by Gasteiger charge is -2.37. The molecule has 6 nitrogen and oxygen atoms in total. The number of ketones is 1. The van der Waals surface area contributed by atoms with E-state index in [2.05, 4.69) is 45.1 Å². The highest BCUT2D eigenvalue weighted by atomic mass is 16.3. The van der Waals surface area contributed by atoms with E-state index in [-0.39, 0.29) is 11.2 Å². The minimum Gasteiger partial charge on any atom is -0.464 e. The summed E-state index contributed by atoms with van der Waals surface area (Å²) in [5.74, 6) is 2.95. The van der Waals surface area contributed by atoms with E-state index in [9.17, 15) is 4.79 Å². The maximum Gasteiger partial charge on any atom is 0.227 e. The first-order valence-corrected chi connectivity index (χ1v) is 10.4. The molecule has 0 amide bonds. The number of rotatable bonds is 2. The Kier molecular flexibility index (Phi) is 4.04. The largest absolute Gasteiger partial charge is 0.464 e. The summed E-state index contributed by atoms with van der Waals surface area (Å²) in [4.78, 5) is 18.0. The van der Waals surface area contributed by atoms with Gasteiger partial charge in [-0.05, 0) is 61.9 Å². The number of benzene rings is 1. The van der Waals surface area contributed by atoms with Gasteiger partial charge in [-0.2, -0.15) is 4.98 Å². The fourth-order valence-electron chi connectivity index (χ4n) is 4.48. The highest BCUT2D eigenvalue weighted by Gasteiger charge is 2.43. The highest BCUT2D eigenvalue weighted by molar-refractivity contribution is 6.00. The molecule has 3 heterocycles. The minimum atomic E-state index is -0.402. The Morgan fingerprint density at radius 3 is 2.60 bits per heavy atom. The standard InChI is InChI=1S/C24H26N4O2/c1-13-6-8-16(10-14(13)2)22-26-23-25-17-11-24(4,5)12-18(29)20(17)21(28(23)27-22)19-9-7-15(3)30-19/h6-10,21H,11-12H2,1-5H3,(H,25,26,27). The molecule has 0 spiro atoms. The summed E-state index contributed by atoms with van der Waals surface area (Å²) in [6.07, 6.45) is 1.30. The van der Waals surface area contributed by atoms with E-state index in [1.54, 1.807) is 4.68 Å². The van der Waals surface area contributed by atoms with Crippen LogP contribution >= 0.6 is 0 Å². The molecule has 5 rings (SSSR count). The molecule has 1 N–H and O–H groups in total. The Morgan fingerprint density at radius 2 is 1.90 bits per heavy atom. The van der Waals surface area contributed by atoms with Gasteiger partial charge >= 0.3 is 0 Å². The molecule has 2 aromatic heterocycles. The van der Waals surface area contributed by atoms with Crippen molar-refractivity contribution in [2.24, 2.45) is 5.41 Å². The normalized spacial score (nSPS) is 20.0. The summed E-state index contributed by atoms with van der Waals surface area (Å²) in [5, 5.41) is 8.23. The van der Waals surface area contributed by atoms with Gasteiger partial charge in [-0.3, -0.25) is 4.79 Å². The average Bonchev–Trinajstić information content (AvgIpc) is 3.27. The van der Waals surface area contributed by atoms with Crippen LogP contribution in [0.2, 0.25) is 0 Å².